The average molecular weight is 364 g/mol. The van der Waals surface area contributed by atoms with E-state index in [0.717, 1.165) is 16.3 Å². The number of anilines is 1. The minimum Gasteiger partial charge on any atom is -0.493 e. The van der Waals surface area contributed by atoms with Crippen LogP contribution in [0.15, 0.2) is 60.3 Å². The van der Waals surface area contributed by atoms with Gasteiger partial charge in [0.2, 0.25) is 0 Å². The summed E-state index contributed by atoms with van der Waals surface area (Å²) in [6, 6.07) is 16.9. The van der Waals surface area contributed by atoms with Gasteiger partial charge >= 0.3 is 0 Å². The molecule has 1 aliphatic heterocycles. The van der Waals surface area contributed by atoms with Crippen LogP contribution in [0.4, 0.5) is 5.69 Å². The largest absolute Gasteiger partial charge is 0.493 e. The first-order valence-electron chi connectivity index (χ1n) is 8.98. The summed E-state index contributed by atoms with van der Waals surface area (Å²) in [6.07, 6.45) is 0. The van der Waals surface area contributed by atoms with Crippen molar-refractivity contribution in [1.82, 2.24) is 4.90 Å². The van der Waals surface area contributed by atoms with E-state index >= 15 is 0 Å². The summed E-state index contributed by atoms with van der Waals surface area (Å²) in [7, 11) is 3.31. The molecule has 5 nitrogen and oxygen atoms in total. The third-order valence-electron chi connectivity index (χ3n) is 4.47. The van der Waals surface area contributed by atoms with Gasteiger partial charge in [-0.3, -0.25) is 14.5 Å². The summed E-state index contributed by atoms with van der Waals surface area (Å²) < 4.78 is 5.71. The van der Waals surface area contributed by atoms with E-state index in [2.05, 4.69) is 13.8 Å². The number of para-hydroxylation sites is 1. The molecule has 0 bridgehead atoms. The van der Waals surface area contributed by atoms with E-state index in [1.807, 2.05) is 54.6 Å². The highest BCUT2D eigenvalue weighted by molar-refractivity contribution is 6.36. The van der Waals surface area contributed by atoms with Crippen molar-refractivity contribution in [3.63, 3.8) is 0 Å². The quantitative estimate of drug-likeness (QED) is 0.736. The molecule has 0 unspecified atom stereocenters. The lowest BCUT2D eigenvalue weighted by molar-refractivity contribution is -0.135. The van der Waals surface area contributed by atoms with Crippen molar-refractivity contribution in [1.29, 1.82) is 0 Å². The zero-order valence-corrected chi connectivity index (χ0v) is 16.1. The second kappa shape index (κ2) is 7.66. The molecule has 0 aliphatic carbocycles. The number of nitrogens with zero attached hydrogens (tertiary/aromatic N) is 2. The second-order valence-electron chi connectivity index (χ2n) is 7.02. The summed E-state index contributed by atoms with van der Waals surface area (Å²) in [6.45, 7) is 4.80. The Morgan fingerprint density at radius 1 is 0.963 bits per heavy atom. The summed E-state index contributed by atoms with van der Waals surface area (Å²) in [4.78, 5) is 28.4. The maximum Gasteiger partial charge on any atom is 0.277 e. The molecule has 2 aromatic carbocycles. The van der Waals surface area contributed by atoms with Gasteiger partial charge in [0.25, 0.3) is 11.8 Å². The molecule has 1 heterocycles. The number of amides is 2. The Morgan fingerprint density at radius 3 is 2.19 bits per heavy atom. The zero-order chi connectivity index (χ0) is 19.6. The molecule has 0 saturated heterocycles. The number of hydrogen-bond donors (Lipinski definition) is 0. The molecule has 27 heavy (non-hydrogen) atoms. The van der Waals surface area contributed by atoms with E-state index in [0.29, 0.717) is 29.4 Å². The van der Waals surface area contributed by atoms with Crippen molar-refractivity contribution < 1.29 is 14.3 Å². The van der Waals surface area contributed by atoms with Gasteiger partial charge in [0.05, 0.1) is 12.2 Å². The fraction of sp³-hybridized carbons (Fsp3) is 0.273. The highest BCUT2D eigenvalue weighted by Gasteiger charge is 2.38. The first-order valence-corrected chi connectivity index (χ1v) is 8.98. The van der Waals surface area contributed by atoms with Crippen LogP contribution in [0.5, 0.6) is 5.75 Å². The molecule has 1 aliphatic rings. The third kappa shape index (κ3) is 3.72. The van der Waals surface area contributed by atoms with Crippen LogP contribution >= 0.6 is 0 Å². The molecule has 2 aromatic rings. The van der Waals surface area contributed by atoms with E-state index in [9.17, 15) is 9.59 Å². The Morgan fingerprint density at radius 2 is 1.59 bits per heavy atom. The van der Waals surface area contributed by atoms with Crippen molar-refractivity contribution in [3.8, 4) is 5.75 Å². The highest BCUT2D eigenvalue weighted by Crippen LogP contribution is 2.33. The smallest absolute Gasteiger partial charge is 0.277 e. The summed E-state index contributed by atoms with van der Waals surface area (Å²) in [5, 5.41) is 0. The number of ether oxygens (including phenoxy) is 1. The van der Waals surface area contributed by atoms with Gasteiger partial charge in [-0.25, -0.2) is 0 Å². The SMILES string of the molecule is CC(C)COc1ccc(C2=C(N(C)c3ccccc3)C(=O)N(C)C2=O)cc1. The minimum absolute atomic E-state index is 0.298. The monoisotopic (exact) mass is 364 g/mol. The molecule has 0 aromatic heterocycles. The van der Waals surface area contributed by atoms with Crippen LogP contribution in [-0.2, 0) is 9.59 Å². The van der Waals surface area contributed by atoms with Crippen molar-refractivity contribution in [2.24, 2.45) is 5.92 Å². The summed E-state index contributed by atoms with van der Waals surface area (Å²) >= 11 is 0. The number of hydrogen-bond acceptors (Lipinski definition) is 4. The lowest BCUT2D eigenvalue weighted by atomic mass is 10.0. The van der Waals surface area contributed by atoms with E-state index in [1.165, 1.54) is 7.05 Å². The van der Waals surface area contributed by atoms with Gasteiger partial charge in [0.1, 0.15) is 11.4 Å². The molecular formula is C22H24N2O3. The fourth-order valence-corrected chi connectivity index (χ4v) is 2.96. The van der Waals surface area contributed by atoms with Crippen LogP contribution in [0.25, 0.3) is 5.57 Å². The van der Waals surface area contributed by atoms with Gasteiger partial charge in [-0.15, -0.1) is 0 Å². The second-order valence-corrected chi connectivity index (χ2v) is 7.02. The highest BCUT2D eigenvalue weighted by atomic mass is 16.5. The molecule has 0 fully saturated rings. The molecule has 0 radical (unpaired) electrons. The lowest BCUT2D eigenvalue weighted by Gasteiger charge is -2.20. The number of imide groups is 1. The van der Waals surface area contributed by atoms with Crippen LogP contribution in [0, 0.1) is 5.92 Å². The van der Waals surface area contributed by atoms with E-state index in [1.54, 1.807) is 11.9 Å². The summed E-state index contributed by atoms with van der Waals surface area (Å²) in [5.41, 5.74) is 2.33. The van der Waals surface area contributed by atoms with Gasteiger partial charge < -0.3 is 9.64 Å². The van der Waals surface area contributed by atoms with Crippen molar-refractivity contribution in [2.75, 3.05) is 25.6 Å². The van der Waals surface area contributed by atoms with Crippen LogP contribution in [0.2, 0.25) is 0 Å². The van der Waals surface area contributed by atoms with Crippen LogP contribution < -0.4 is 9.64 Å². The molecule has 0 N–H and O–H groups in total. The number of benzene rings is 2. The molecular weight excluding hydrogens is 340 g/mol. The van der Waals surface area contributed by atoms with Crippen molar-refractivity contribution in [3.05, 3.63) is 65.9 Å². The normalized spacial score (nSPS) is 14.3. The Labute approximate surface area is 159 Å². The van der Waals surface area contributed by atoms with Crippen molar-refractivity contribution in [2.45, 2.75) is 13.8 Å². The minimum atomic E-state index is -0.304. The van der Waals surface area contributed by atoms with Gasteiger partial charge in [0, 0.05) is 19.8 Å². The first-order chi connectivity index (χ1) is 12.9. The molecule has 3 rings (SSSR count). The topological polar surface area (TPSA) is 49.9 Å². The predicted molar refractivity (Wildman–Crippen MR) is 106 cm³/mol. The van der Waals surface area contributed by atoms with Gasteiger partial charge in [-0.05, 0) is 35.7 Å². The maximum absolute atomic E-state index is 12.8. The Balaban J connectivity index is 1.99. The van der Waals surface area contributed by atoms with E-state index in [-0.39, 0.29) is 11.8 Å². The Bertz CT molecular complexity index is 870. The van der Waals surface area contributed by atoms with E-state index in [4.69, 9.17) is 4.74 Å². The summed E-state index contributed by atoms with van der Waals surface area (Å²) in [5.74, 6) is 0.576. The molecule has 5 heteroatoms. The maximum atomic E-state index is 12.8. The van der Waals surface area contributed by atoms with Gasteiger partial charge in [-0.1, -0.05) is 44.2 Å². The fourth-order valence-electron chi connectivity index (χ4n) is 2.96. The third-order valence-corrected chi connectivity index (χ3v) is 4.47. The lowest BCUT2D eigenvalue weighted by Crippen LogP contribution is -2.30. The van der Waals surface area contributed by atoms with Crippen LogP contribution in [0.1, 0.15) is 19.4 Å². The van der Waals surface area contributed by atoms with Crippen molar-refractivity contribution >= 4 is 23.1 Å². The zero-order valence-electron chi connectivity index (χ0n) is 16.1. The Hall–Kier alpha value is -3.08. The number of rotatable bonds is 6. The molecule has 0 saturated carbocycles. The van der Waals surface area contributed by atoms with Crippen LogP contribution in [-0.4, -0.2) is 37.4 Å². The van der Waals surface area contributed by atoms with Gasteiger partial charge in [0.15, 0.2) is 0 Å². The molecule has 0 atom stereocenters. The standard InChI is InChI=1S/C22H24N2O3/c1-15(2)14-27-18-12-10-16(11-13-18)19-20(22(26)24(4)21(19)25)23(3)17-8-6-5-7-9-17/h5-13,15H,14H2,1-4H3. The molecule has 2 amide bonds. The number of likely N-dealkylation sites (N-methyl/N-ethyl adjacent to an activating group) is 2. The number of carbonyl (C=O) groups is 2. The molecule has 140 valence electrons. The average Bonchev–Trinajstić information content (AvgIpc) is 2.91. The Kier molecular flexibility index (Phi) is 5.31. The number of carbonyl (C=O) groups excluding carboxylic acids is 2. The molecule has 0 spiro atoms. The predicted octanol–water partition coefficient (Wildman–Crippen LogP) is 3.57. The van der Waals surface area contributed by atoms with Gasteiger partial charge in [-0.2, -0.15) is 0 Å². The van der Waals surface area contributed by atoms with Crippen LogP contribution in [0.3, 0.4) is 0 Å². The first kappa shape index (κ1) is 18.7. The van der Waals surface area contributed by atoms with E-state index < -0.39 is 0 Å².